The zero-order valence-electron chi connectivity index (χ0n) is 12.2. The summed E-state index contributed by atoms with van der Waals surface area (Å²) < 4.78 is 10.9. The number of aliphatic hydroxyl groups excluding tert-OH is 1. The molecule has 0 saturated carbocycles. The van der Waals surface area contributed by atoms with E-state index in [1.165, 1.54) is 0 Å². The van der Waals surface area contributed by atoms with E-state index in [2.05, 4.69) is 0 Å². The highest BCUT2D eigenvalue weighted by Crippen LogP contribution is 2.33. The fourth-order valence-electron chi connectivity index (χ4n) is 2.73. The second kappa shape index (κ2) is 7.17. The van der Waals surface area contributed by atoms with Gasteiger partial charge in [0.1, 0.15) is 25.4 Å². The summed E-state index contributed by atoms with van der Waals surface area (Å²) in [6.45, 7) is 2.44. The largest absolute Gasteiger partial charge is 0.486 e. The first-order valence-corrected chi connectivity index (χ1v) is 7.29. The molecule has 3 N–H and O–H groups in total. The molecule has 2 heterocycles. The van der Waals surface area contributed by atoms with Crippen LogP contribution >= 0.6 is 12.4 Å². The van der Waals surface area contributed by atoms with Crippen molar-refractivity contribution in [2.24, 2.45) is 5.73 Å². The molecule has 0 aliphatic carbocycles. The molecule has 2 unspecified atom stereocenters. The molecular formula is C15H21ClN2O4. The predicted molar refractivity (Wildman–Crippen MR) is 83.4 cm³/mol. The normalized spacial score (nSPS) is 19.3. The molecule has 2 aliphatic rings. The van der Waals surface area contributed by atoms with Gasteiger partial charge in [0.05, 0.1) is 0 Å². The highest BCUT2D eigenvalue weighted by molar-refractivity contribution is 5.85. The predicted octanol–water partition coefficient (Wildman–Crippen LogP) is 0.863. The minimum atomic E-state index is -1.05. The molecule has 3 rings (SSSR count). The molecule has 6 nitrogen and oxygen atoms in total. The second-order valence-electron chi connectivity index (χ2n) is 5.41. The van der Waals surface area contributed by atoms with Gasteiger partial charge in [-0.15, -0.1) is 12.4 Å². The average molecular weight is 329 g/mol. The van der Waals surface area contributed by atoms with E-state index in [-0.39, 0.29) is 18.3 Å². The summed E-state index contributed by atoms with van der Waals surface area (Å²) in [5.74, 6) is 1.03. The highest BCUT2D eigenvalue weighted by Gasteiger charge is 2.30. The van der Waals surface area contributed by atoms with Gasteiger partial charge in [-0.2, -0.15) is 0 Å². The molecule has 0 bridgehead atoms. The molecule has 1 aromatic rings. The fourth-order valence-corrected chi connectivity index (χ4v) is 2.73. The van der Waals surface area contributed by atoms with E-state index in [0.717, 1.165) is 25.9 Å². The first-order valence-electron chi connectivity index (χ1n) is 7.29. The van der Waals surface area contributed by atoms with E-state index < -0.39 is 12.1 Å². The number of likely N-dealkylation sites (tertiary alicyclic amines) is 1. The van der Waals surface area contributed by atoms with Crippen LogP contribution in [0.3, 0.4) is 0 Å². The SMILES string of the molecule is Cl.NC(C(=O)N1CCCC1)C(O)c1ccc2c(c1)OCCO2. The van der Waals surface area contributed by atoms with Gasteiger partial charge in [-0.25, -0.2) is 0 Å². The van der Waals surface area contributed by atoms with Crippen LogP contribution in [0.4, 0.5) is 0 Å². The molecule has 2 atom stereocenters. The van der Waals surface area contributed by atoms with Gasteiger partial charge < -0.3 is 25.2 Å². The third-order valence-electron chi connectivity index (χ3n) is 3.95. The summed E-state index contributed by atoms with van der Waals surface area (Å²) in [6.07, 6.45) is 0.950. The van der Waals surface area contributed by atoms with Crippen molar-refractivity contribution in [1.82, 2.24) is 4.90 Å². The van der Waals surface area contributed by atoms with Crippen molar-refractivity contribution >= 4 is 18.3 Å². The number of carbonyl (C=O) groups excluding carboxylic acids is 1. The number of hydrogen-bond acceptors (Lipinski definition) is 5. The van der Waals surface area contributed by atoms with Crippen molar-refractivity contribution in [2.45, 2.75) is 25.0 Å². The van der Waals surface area contributed by atoms with Crippen LogP contribution < -0.4 is 15.2 Å². The van der Waals surface area contributed by atoms with Crippen LogP contribution in [0, 0.1) is 0 Å². The maximum Gasteiger partial charge on any atom is 0.242 e. The monoisotopic (exact) mass is 328 g/mol. The third-order valence-corrected chi connectivity index (χ3v) is 3.95. The Morgan fingerprint density at radius 3 is 2.50 bits per heavy atom. The Morgan fingerprint density at radius 2 is 1.82 bits per heavy atom. The summed E-state index contributed by atoms with van der Waals surface area (Å²) in [7, 11) is 0. The number of benzene rings is 1. The molecule has 1 aromatic carbocycles. The van der Waals surface area contributed by atoms with Crippen LogP contribution in [-0.4, -0.2) is 48.3 Å². The van der Waals surface area contributed by atoms with Crippen molar-refractivity contribution in [3.05, 3.63) is 23.8 Å². The van der Waals surface area contributed by atoms with E-state index >= 15 is 0 Å². The molecule has 0 radical (unpaired) electrons. The maximum absolute atomic E-state index is 12.2. The topological polar surface area (TPSA) is 85.0 Å². The maximum atomic E-state index is 12.2. The highest BCUT2D eigenvalue weighted by atomic mass is 35.5. The van der Waals surface area contributed by atoms with E-state index in [1.54, 1.807) is 23.1 Å². The average Bonchev–Trinajstić information content (AvgIpc) is 3.06. The summed E-state index contributed by atoms with van der Waals surface area (Å²) in [4.78, 5) is 13.9. The number of hydrogen-bond donors (Lipinski definition) is 2. The molecule has 0 spiro atoms. The molecular weight excluding hydrogens is 308 g/mol. The lowest BCUT2D eigenvalue weighted by molar-refractivity contribution is -0.134. The quantitative estimate of drug-likeness (QED) is 0.859. The minimum absolute atomic E-state index is 0. The number of nitrogens with two attached hydrogens (primary N) is 1. The summed E-state index contributed by atoms with van der Waals surface area (Å²) in [5.41, 5.74) is 6.50. The van der Waals surface area contributed by atoms with E-state index in [0.29, 0.717) is 30.3 Å². The van der Waals surface area contributed by atoms with Gasteiger partial charge >= 0.3 is 0 Å². The Labute approximate surface area is 135 Å². The van der Waals surface area contributed by atoms with Gasteiger partial charge in [-0.3, -0.25) is 4.79 Å². The van der Waals surface area contributed by atoms with Gasteiger partial charge in [0, 0.05) is 13.1 Å². The number of ether oxygens (including phenoxy) is 2. The smallest absolute Gasteiger partial charge is 0.242 e. The summed E-state index contributed by atoms with van der Waals surface area (Å²) >= 11 is 0. The number of carbonyl (C=O) groups is 1. The lowest BCUT2D eigenvalue weighted by Gasteiger charge is -2.25. The summed E-state index contributed by atoms with van der Waals surface area (Å²) in [5, 5.41) is 10.4. The second-order valence-corrected chi connectivity index (χ2v) is 5.41. The van der Waals surface area contributed by atoms with Crippen molar-refractivity contribution in [3.8, 4) is 11.5 Å². The van der Waals surface area contributed by atoms with Crippen molar-refractivity contribution in [1.29, 1.82) is 0 Å². The molecule has 7 heteroatoms. The van der Waals surface area contributed by atoms with Crippen LogP contribution in [0.15, 0.2) is 18.2 Å². The lowest BCUT2D eigenvalue weighted by Crippen LogP contribution is -2.45. The number of halogens is 1. The van der Waals surface area contributed by atoms with Crippen LogP contribution in [0.2, 0.25) is 0 Å². The van der Waals surface area contributed by atoms with Gasteiger partial charge in [0.2, 0.25) is 5.91 Å². The Morgan fingerprint density at radius 1 is 1.18 bits per heavy atom. The Balaban J connectivity index is 0.00000176. The Bertz CT molecular complexity index is 534. The molecule has 1 saturated heterocycles. The van der Waals surface area contributed by atoms with Gasteiger partial charge in [-0.05, 0) is 30.5 Å². The lowest BCUT2D eigenvalue weighted by atomic mass is 10.0. The van der Waals surface area contributed by atoms with Gasteiger partial charge in [0.15, 0.2) is 11.5 Å². The molecule has 0 aromatic heterocycles. The van der Waals surface area contributed by atoms with Crippen molar-refractivity contribution in [2.75, 3.05) is 26.3 Å². The number of fused-ring (bicyclic) bond motifs is 1. The van der Waals surface area contributed by atoms with Crippen molar-refractivity contribution in [3.63, 3.8) is 0 Å². The Kier molecular flexibility index (Phi) is 5.50. The van der Waals surface area contributed by atoms with Crippen molar-refractivity contribution < 1.29 is 19.4 Å². The number of amides is 1. The molecule has 22 heavy (non-hydrogen) atoms. The fraction of sp³-hybridized carbons (Fsp3) is 0.533. The van der Waals surface area contributed by atoms with Crippen LogP contribution in [-0.2, 0) is 4.79 Å². The Hall–Kier alpha value is -1.50. The number of aliphatic hydroxyl groups is 1. The zero-order chi connectivity index (χ0) is 14.8. The van der Waals surface area contributed by atoms with Crippen LogP contribution in [0.1, 0.15) is 24.5 Å². The zero-order valence-corrected chi connectivity index (χ0v) is 13.1. The standard InChI is InChI=1S/C15H20N2O4.ClH/c16-13(15(19)17-5-1-2-6-17)14(18)10-3-4-11-12(9-10)21-8-7-20-11;/h3-4,9,13-14,18H,1-2,5-8,16H2;1H. The molecule has 1 amide bonds. The van der Waals surface area contributed by atoms with Gasteiger partial charge in [0.25, 0.3) is 0 Å². The van der Waals surface area contributed by atoms with Gasteiger partial charge in [-0.1, -0.05) is 6.07 Å². The first kappa shape index (κ1) is 16.9. The van der Waals surface area contributed by atoms with Crippen LogP contribution in [0.25, 0.3) is 0 Å². The summed E-state index contributed by atoms with van der Waals surface area (Å²) in [6, 6.07) is 4.19. The molecule has 1 fully saturated rings. The van der Waals surface area contributed by atoms with Crippen LogP contribution in [0.5, 0.6) is 11.5 Å². The third kappa shape index (κ3) is 3.29. The first-order chi connectivity index (χ1) is 10.2. The van der Waals surface area contributed by atoms with E-state index in [4.69, 9.17) is 15.2 Å². The number of nitrogens with zero attached hydrogens (tertiary/aromatic N) is 1. The van der Waals surface area contributed by atoms with E-state index in [9.17, 15) is 9.90 Å². The van der Waals surface area contributed by atoms with E-state index in [1.807, 2.05) is 0 Å². The number of rotatable bonds is 3. The molecule has 122 valence electrons. The molecule has 2 aliphatic heterocycles. The minimum Gasteiger partial charge on any atom is -0.486 e.